The van der Waals surface area contributed by atoms with Crippen LogP contribution in [0.2, 0.25) is 0 Å². The Balaban J connectivity index is 1.62. The van der Waals surface area contributed by atoms with E-state index < -0.39 is 0 Å². The van der Waals surface area contributed by atoms with Crippen LogP contribution in [0, 0.1) is 5.82 Å². The number of hydrogen-bond donors (Lipinski definition) is 0. The second-order valence-electron chi connectivity index (χ2n) is 6.19. The van der Waals surface area contributed by atoms with Gasteiger partial charge < -0.3 is 0 Å². The average molecular weight is 410 g/mol. The van der Waals surface area contributed by atoms with Gasteiger partial charge in [-0.1, -0.05) is 0 Å². The van der Waals surface area contributed by atoms with E-state index in [-0.39, 0.29) is 11.7 Å². The van der Waals surface area contributed by atoms with Gasteiger partial charge >= 0.3 is 155 Å². The molecular formula is C18H22FN3O2Se. The third-order valence-corrected chi connectivity index (χ3v) is 5.51. The van der Waals surface area contributed by atoms with Crippen LogP contribution in [0.1, 0.15) is 12.0 Å². The Morgan fingerprint density at radius 1 is 1.20 bits per heavy atom. The third kappa shape index (κ3) is 4.36. The van der Waals surface area contributed by atoms with Crippen molar-refractivity contribution >= 4 is 32.2 Å². The first-order valence-corrected chi connectivity index (χ1v) is 9.29. The van der Waals surface area contributed by atoms with Gasteiger partial charge in [0.25, 0.3) is 0 Å². The molecule has 2 aliphatic heterocycles. The van der Waals surface area contributed by atoms with Crippen molar-refractivity contribution in [2.45, 2.75) is 6.42 Å². The molecule has 2 fully saturated rings. The Hall–Kier alpha value is -1.53. The second-order valence-corrected chi connectivity index (χ2v) is 6.95. The molecule has 1 amide bonds. The van der Waals surface area contributed by atoms with Crippen LogP contribution >= 0.6 is 0 Å². The summed E-state index contributed by atoms with van der Waals surface area (Å²) < 4.78 is 19.2. The molecule has 1 aromatic rings. The van der Waals surface area contributed by atoms with Crippen LogP contribution in [0.5, 0.6) is 0 Å². The zero-order valence-corrected chi connectivity index (χ0v) is 16.0. The predicted molar refractivity (Wildman–Crippen MR) is 96.5 cm³/mol. The number of rotatable bonds is 5. The summed E-state index contributed by atoms with van der Waals surface area (Å²) >= 11 is 3.00. The molecular weight excluding hydrogens is 388 g/mol. The molecule has 0 aliphatic carbocycles. The zero-order chi connectivity index (χ0) is 17.8. The number of nitrogens with zero attached hydrogens (tertiary/aromatic N) is 3. The first-order valence-electron chi connectivity index (χ1n) is 8.43. The molecule has 5 nitrogen and oxygen atoms in total. The fourth-order valence-electron chi connectivity index (χ4n) is 3.00. The molecule has 1 aromatic carbocycles. The molecule has 0 spiro atoms. The Bertz CT molecular complexity index is 671. The van der Waals surface area contributed by atoms with Crippen LogP contribution < -0.4 is 0 Å². The maximum atomic E-state index is 13.0. The van der Waals surface area contributed by atoms with E-state index in [2.05, 4.69) is 20.5 Å². The van der Waals surface area contributed by atoms with Gasteiger partial charge in [0.1, 0.15) is 0 Å². The van der Waals surface area contributed by atoms with Gasteiger partial charge in [-0.3, -0.25) is 0 Å². The normalized spacial score (nSPS) is 20.8. The number of ether oxygens (including phenoxy) is 1. The van der Waals surface area contributed by atoms with Gasteiger partial charge in [-0.2, -0.15) is 0 Å². The summed E-state index contributed by atoms with van der Waals surface area (Å²) in [5, 5.41) is 0. The van der Waals surface area contributed by atoms with Crippen LogP contribution in [0.15, 0.2) is 30.0 Å². The predicted octanol–water partition coefficient (Wildman–Crippen LogP) is 0.919. The summed E-state index contributed by atoms with van der Waals surface area (Å²) in [5.74, 6) is -0.309. The van der Waals surface area contributed by atoms with E-state index in [0.717, 1.165) is 49.5 Å². The van der Waals surface area contributed by atoms with Crippen LogP contribution in [-0.4, -0.2) is 87.3 Å². The van der Waals surface area contributed by atoms with E-state index in [4.69, 9.17) is 4.74 Å². The molecule has 0 saturated carbocycles. The Morgan fingerprint density at radius 2 is 1.88 bits per heavy atom. The van der Waals surface area contributed by atoms with Crippen molar-refractivity contribution in [3.05, 3.63) is 41.3 Å². The molecule has 2 aliphatic rings. The van der Waals surface area contributed by atoms with Crippen molar-refractivity contribution in [2.24, 2.45) is 0 Å². The van der Waals surface area contributed by atoms with Crippen molar-refractivity contribution in [3.63, 3.8) is 0 Å². The van der Waals surface area contributed by atoms with Crippen molar-refractivity contribution in [2.75, 3.05) is 46.4 Å². The second kappa shape index (κ2) is 8.23. The maximum absolute atomic E-state index is 13.0. The number of carbonyl (C=O) groups excluding carboxylic acids is 1. The van der Waals surface area contributed by atoms with E-state index in [9.17, 15) is 9.18 Å². The van der Waals surface area contributed by atoms with Gasteiger partial charge in [-0.05, 0) is 0 Å². The monoisotopic (exact) mass is 411 g/mol. The van der Waals surface area contributed by atoms with Gasteiger partial charge in [-0.15, -0.1) is 0 Å². The van der Waals surface area contributed by atoms with Crippen LogP contribution in [0.3, 0.4) is 0 Å². The number of amides is 1. The van der Waals surface area contributed by atoms with Crippen molar-refractivity contribution in [1.82, 2.24) is 14.7 Å². The Morgan fingerprint density at radius 3 is 2.56 bits per heavy atom. The molecule has 0 N–H and O–H groups in total. The Kier molecular flexibility index (Phi) is 6.02. The molecule has 0 atom stereocenters. The number of morpholine rings is 1. The molecule has 2 heterocycles. The molecule has 3 rings (SSSR count). The molecule has 0 aromatic heterocycles. The van der Waals surface area contributed by atoms with E-state index >= 15 is 0 Å². The summed E-state index contributed by atoms with van der Waals surface area (Å²) in [6.45, 7) is 5.12. The first-order chi connectivity index (χ1) is 12.1. The van der Waals surface area contributed by atoms with Gasteiger partial charge in [0, 0.05) is 0 Å². The van der Waals surface area contributed by atoms with E-state index in [1.165, 1.54) is 12.1 Å². The van der Waals surface area contributed by atoms with Crippen LogP contribution in [0.25, 0.3) is 6.08 Å². The quantitative estimate of drug-likeness (QED) is 0.535. The van der Waals surface area contributed by atoms with Crippen LogP contribution in [-0.2, 0) is 9.53 Å². The molecule has 0 unspecified atom stereocenters. The van der Waals surface area contributed by atoms with E-state index in [0.29, 0.717) is 12.2 Å². The minimum absolute atomic E-state index is 0.0254. The van der Waals surface area contributed by atoms with Crippen molar-refractivity contribution in [1.29, 1.82) is 0 Å². The number of halogens is 1. The number of likely N-dealkylation sites (N-methyl/N-ethyl adjacent to an activating group) is 1. The zero-order valence-electron chi connectivity index (χ0n) is 14.3. The molecule has 134 valence electrons. The van der Waals surface area contributed by atoms with E-state index in [1.807, 2.05) is 11.9 Å². The molecule has 0 radical (unpaired) electrons. The summed E-state index contributed by atoms with van der Waals surface area (Å²) in [7, 11) is 1.86. The summed E-state index contributed by atoms with van der Waals surface area (Å²) in [5.41, 5.74) is 1.39. The average Bonchev–Trinajstić information content (AvgIpc) is 2.82. The third-order valence-electron chi connectivity index (χ3n) is 4.48. The number of benzene rings is 1. The fraction of sp³-hybridized carbons (Fsp3) is 0.444. The standard InChI is InChI=1S/C18H22FN3O2Se/c1-20-16(13-14-3-5-15(19)6-4-14)17(23)22(18(20)25)8-2-7-21-9-11-24-12-10-21/h3-6,13H,2,7-12H2,1H3/b16-13+. The van der Waals surface area contributed by atoms with Gasteiger partial charge in [-0.25, -0.2) is 0 Å². The van der Waals surface area contributed by atoms with Gasteiger partial charge in [0.2, 0.25) is 0 Å². The van der Waals surface area contributed by atoms with Gasteiger partial charge in [0.15, 0.2) is 0 Å². The van der Waals surface area contributed by atoms with Gasteiger partial charge in [0.05, 0.1) is 0 Å². The fourth-order valence-corrected chi connectivity index (χ4v) is 3.57. The molecule has 2 saturated heterocycles. The number of hydrogen-bond acceptors (Lipinski definition) is 4. The summed E-state index contributed by atoms with van der Waals surface area (Å²) in [6.07, 6.45) is 2.70. The minimum atomic E-state index is -0.283. The summed E-state index contributed by atoms with van der Waals surface area (Å²) in [4.78, 5) is 18.7. The SMILES string of the molecule is CN1C(=[Se])N(CCCN2CCOCC2)C(=O)/C1=C\c1ccc(F)cc1. The number of carbonyl (C=O) groups is 1. The molecule has 25 heavy (non-hydrogen) atoms. The Labute approximate surface area is 155 Å². The summed E-state index contributed by atoms with van der Waals surface area (Å²) in [6, 6.07) is 6.14. The van der Waals surface area contributed by atoms with E-state index in [1.54, 1.807) is 23.1 Å². The molecule has 0 bridgehead atoms. The van der Waals surface area contributed by atoms with Crippen LogP contribution in [0.4, 0.5) is 4.39 Å². The first kappa shape index (κ1) is 18.3. The van der Waals surface area contributed by atoms with Crippen molar-refractivity contribution < 1.29 is 13.9 Å². The van der Waals surface area contributed by atoms with Crippen molar-refractivity contribution in [3.8, 4) is 0 Å². The molecule has 7 heteroatoms. The topological polar surface area (TPSA) is 36.0 Å².